The third kappa shape index (κ3) is 4.64. The summed E-state index contributed by atoms with van der Waals surface area (Å²) in [6.45, 7) is 0.0916. The number of rotatable bonds is 7. The van der Waals surface area contributed by atoms with Crippen molar-refractivity contribution in [2.75, 3.05) is 12.4 Å². The molecule has 0 aromatic heterocycles. The highest BCUT2D eigenvalue weighted by Gasteiger charge is 2.12. The number of nitrogens with one attached hydrogen (secondary N) is 1. The number of carbonyl (C=O) groups excluding carboxylic acids is 1. The van der Waals surface area contributed by atoms with E-state index < -0.39 is 10.9 Å². The van der Waals surface area contributed by atoms with E-state index >= 15 is 0 Å². The number of hydrogen-bond donors (Lipinski definition) is 1. The molecule has 7 nitrogen and oxygen atoms in total. The summed E-state index contributed by atoms with van der Waals surface area (Å²) in [4.78, 5) is 22.5. The van der Waals surface area contributed by atoms with Gasteiger partial charge >= 0.3 is 5.97 Å². The summed E-state index contributed by atoms with van der Waals surface area (Å²) in [7, 11) is 1.74. The van der Waals surface area contributed by atoms with E-state index in [9.17, 15) is 14.9 Å². The molecule has 0 fully saturated rings. The monoisotopic (exact) mass is 378 g/mol. The Balaban J connectivity index is 1.64. The smallest absolute Gasteiger partial charge is 0.340 e. The maximum atomic E-state index is 12.3. The van der Waals surface area contributed by atoms with Gasteiger partial charge in [0.1, 0.15) is 18.1 Å². The molecule has 0 bridgehead atoms. The molecule has 3 aromatic rings. The molecule has 7 heteroatoms. The minimum atomic E-state index is -0.467. The summed E-state index contributed by atoms with van der Waals surface area (Å²) in [5, 5.41) is 13.7. The number of ether oxygens (including phenoxy) is 2. The zero-order valence-corrected chi connectivity index (χ0v) is 15.1. The zero-order chi connectivity index (χ0) is 19.9. The molecule has 0 aliphatic rings. The van der Waals surface area contributed by atoms with Gasteiger partial charge in [-0.25, -0.2) is 4.79 Å². The van der Waals surface area contributed by atoms with Crippen LogP contribution in [0.3, 0.4) is 0 Å². The van der Waals surface area contributed by atoms with Crippen LogP contribution in [0, 0.1) is 10.1 Å². The first-order valence-corrected chi connectivity index (χ1v) is 8.52. The minimum absolute atomic E-state index is 0.00476. The second-order valence-electron chi connectivity index (χ2n) is 5.87. The van der Waals surface area contributed by atoms with Gasteiger partial charge in [0.2, 0.25) is 0 Å². The van der Waals surface area contributed by atoms with Gasteiger partial charge in [0.25, 0.3) is 5.69 Å². The van der Waals surface area contributed by atoms with Gasteiger partial charge in [-0.15, -0.1) is 0 Å². The highest BCUT2D eigenvalue weighted by Crippen LogP contribution is 2.25. The van der Waals surface area contributed by atoms with Gasteiger partial charge in [0.05, 0.1) is 10.5 Å². The van der Waals surface area contributed by atoms with Crippen molar-refractivity contribution in [3.8, 4) is 11.5 Å². The number of anilines is 1. The molecule has 1 N–H and O–H groups in total. The molecule has 0 amide bonds. The lowest BCUT2D eigenvalue weighted by Gasteiger charge is -2.10. The predicted octanol–water partition coefficient (Wildman–Crippen LogP) is 4.79. The second kappa shape index (κ2) is 8.68. The van der Waals surface area contributed by atoms with Crippen molar-refractivity contribution >= 4 is 17.3 Å². The molecule has 0 saturated heterocycles. The van der Waals surface area contributed by atoms with Crippen molar-refractivity contribution in [2.24, 2.45) is 0 Å². The summed E-state index contributed by atoms with van der Waals surface area (Å²) < 4.78 is 11.1. The lowest BCUT2D eigenvalue weighted by Crippen LogP contribution is -2.08. The van der Waals surface area contributed by atoms with Gasteiger partial charge in [-0.1, -0.05) is 24.3 Å². The predicted molar refractivity (Wildman–Crippen MR) is 105 cm³/mol. The molecule has 3 rings (SSSR count). The van der Waals surface area contributed by atoms with Gasteiger partial charge < -0.3 is 14.8 Å². The second-order valence-corrected chi connectivity index (χ2v) is 5.87. The topological polar surface area (TPSA) is 90.7 Å². The van der Waals surface area contributed by atoms with E-state index in [-0.39, 0.29) is 12.3 Å². The zero-order valence-electron chi connectivity index (χ0n) is 15.1. The van der Waals surface area contributed by atoms with E-state index in [1.165, 1.54) is 24.3 Å². The third-order valence-electron chi connectivity index (χ3n) is 3.97. The molecular formula is C21H18N2O5. The van der Waals surface area contributed by atoms with E-state index in [1.807, 2.05) is 12.1 Å². The van der Waals surface area contributed by atoms with Crippen LogP contribution < -0.4 is 10.1 Å². The molecule has 0 aliphatic carbocycles. The van der Waals surface area contributed by atoms with Crippen LogP contribution in [0.15, 0.2) is 72.8 Å². The van der Waals surface area contributed by atoms with Crippen LogP contribution >= 0.6 is 0 Å². The molecule has 0 unspecified atom stereocenters. The number of benzene rings is 3. The highest BCUT2D eigenvalue weighted by molar-refractivity contribution is 5.95. The number of nitro groups is 1. The normalized spacial score (nSPS) is 10.2. The van der Waals surface area contributed by atoms with Crippen LogP contribution in [-0.2, 0) is 11.3 Å². The van der Waals surface area contributed by atoms with Crippen molar-refractivity contribution in [1.82, 2.24) is 0 Å². The van der Waals surface area contributed by atoms with Crippen LogP contribution in [-0.4, -0.2) is 17.9 Å². The third-order valence-corrected chi connectivity index (χ3v) is 3.97. The largest absolute Gasteiger partial charge is 0.457 e. The molecule has 28 heavy (non-hydrogen) atoms. The number of nitrogens with zero attached hydrogens (tertiary/aromatic N) is 1. The molecule has 0 aliphatic heterocycles. The fraction of sp³-hybridized carbons (Fsp3) is 0.0952. The maximum Gasteiger partial charge on any atom is 0.340 e. The summed E-state index contributed by atoms with van der Waals surface area (Å²) in [6, 6.07) is 20.0. The summed E-state index contributed by atoms with van der Waals surface area (Å²) in [5.74, 6) is 0.590. The molecule has 0 heterocycles. The fourth-order valence-corrected chi connectivity index (χ4v) is 2.58. The van der Waals surface area contributed by atoms with Crippen LogP contribution in [0.2, 0.25) is 0 Å². The Bertz CT molecular complexity index is 986. The van der Waals surface area contributed by atoms with Crippen molar-refractivity contribution < 1.29 is 19.2 Å². The molecule has 0 atom stereocenters. The van der Waals surface area contributed by atoms with Gasteiger partial charge in [-0.3, -0.25) is 10.1 Å². The Labute approximate surface area is 161 Å². The van der Waals surface area contributed by atoms with Crippen LogP contribution in [0.1, 0.15) is 15.9 Å². The Morgan fingerprint density at radius 3 is 2.46 bits per heavy atom. The summed E-state index contributed by atoms with van der Waals surface area (Å²) in [6.07, 6.45) is 0. The first-order valence-electron chi connectivity index (χ1n) is 8.52. The average molecular weight is 378 g/mol. The number of carbonyl (C=O) groups is 1. The van der Waals surface area contributed by atoms with E-state index in [4.69, 9.17) is 9.47 Å². The minimum Gasteiger partial charge on any atom is -0.457 e. The van der Waals surface area contributed by atoms with E-state index in [0.29, 0.717) is 22.7 Å². The molecule has 0 spiro atoms. The van der Waals surface area contributed by atoms with Gasteiger partial charge in [-0.05, 0) is 42.0 Å². The lowest BCUT2D eigenvalue weighted by molar-refractivity contribution is -0.384. The number of non-ortho nitro benzene ring substituents is 1. The standard InChI is InChI=1S/C21H18N2O5/c1-22-20-8-3-2-7-19(20)21(24)27-14-15-5-4-6-18(13-15)28-17-11-9-16(10-12-17)23(25)26/h2-13,22H,14H2,1H3. The SMILES string of the molecule is CNc1ccccc1C(=O)OCc1cccc(Oc2ccc([N+](=O)[O-])cc2)c1. The maximum absolute atomic E-state index is 12.3. The summed E-state index contributed by atoms with van der Waals surface area (Å²) >= 11 is 0. The van der Waals surface area contributed by atoms with Gasteiger partial charge in [-0.2, -0.15) is 0 Å². The summed E-state index contributed by atoms with van der Waals surface area (Å²) in [5.41, 5.74) is 1.91. The first kappa shape index (κ1) is 18.9. The first-order chi connectivity index (χ1) is 13.6. The average Bonchev–Trinajstić information content (AvgIpc) is 2.72. The number of nitro benzene ring substituents is 1. The number of esters is 1. The Morgan fingerprint density at radius 2 is 1.75 bits per heavy atom. The Morgan fingerprint density at radius 1 is 1.00 bits per heavy atom. The highest BCUT2D eigenvalue weighted by atomic mass is 16.6. The quantitative estimate of drug-likeness (QED) is 0.361. The van der Waals surface area contributed by atoms with E-state index in [1.54, 1.807) is 43.4 Å². The Hall–Kier alpha value is -3.87. The molecule has 0 radical (unpaired) electrons. The van der Waals surface area contributed by atoms with E-state index in [2.05, 4.69) is 5.32 Å². The van der Waals surface area contributed by atoms with Crippen LogP contribution in [0.5, 0.6) is 11.5 Å². The van der Waals surface area contributed by atoms with Gasteiger partial charge in [0.15, 0.2) is 0 Å². The van der Waals surface area contributed by atoms with Crippen molar-refractivity contribution in [3.05, 3.63) is 94.0 Å². The molecule has 3 aromatic carbocycles. The number of para-hydroxylation sites is 1. The fourth-order valence-electron chi connectivity index (χ4n) is 2.58. The van der Waals surface area contributed by atoms with E-state index in [0.717, 1.165) is 5.56 Å². The van der Waals surface area contributed by atoms with Gasteiger partial charge in [0, 0.05) is 24.9 Å². The van der Waals surface area contributed by atoms with Crippen molar-refractivity contribution in [1.29, 1.82) is 0 Å². The van der Waals surface area contributed by atoms with Crippen molar-refractivity contribution in [2.45, 2.75) is 6.61 Å². The molecular weight excluding hydrogens is 360 g/mol. The van der Waals surface area contributed by atoms with Crippen molar-refractivity contribution in [3.63, 3.8) is 0 Å². The lowest BCUT2D eigenvalue weighted by atomic mass is 10.2. The molecule has 142 valence electrons. The Kier molecular flexibility index (Phi) is 5.86. The molecule has 0 saturated carbocycles. The van der Waals surface area contributed by atoms with Crippen LogP contribution in [0.25, 0.3) is 0 Å². The van der Waals surface area contributed by atoms with Crippen LogP contribution in [0.4, 0.5) is 11.4 Å². The number of hydrogen-bond acceptors (Lipinski definition) is 6.